The van der Waals surface area contributed by atoms with Crippen LogP contribution in [0.1, 0.15) is 11.1 Å². The van der Waals surface area contributed by atoms with Crippen LogP contribution in [0, 0.1) is 0 Å². The van der Waals surface area contributed by atoms with Gasteiger partial charge in [-0.25, -0.2) is 0 Å². The molecule has 0 atom stereocenters. The van der Waals surface area contributed by atoms with Crippen molar-refractivity contribution in [3.05, 3.63) is 51.5 Å². The quantitative estimate of drug-likeness (QED) is 0.537. The lowest BCUT2D eigenvalue weighted by Crippen LogP contribution is -2.05. The number of hydrazone groups is 1. The van der Waals surface area contributed by atoms with E-state index in [1.165, 1.54) is 18.2 Å². The van der Waals surface area contributed by atoms with E-state index in [4.69, 9.17) is 23.2 Å². The normalized spacial score (nSPS) is 11.9. The predicted molar refractivity (Wildman–Crippen MR) is 82.5 cm³/mol. The number of halogens is 5. The molecule has 2 rings (SSSR count). The number of nitrogens with one attached hydrogen (secondary N) is 1. The average Bonchev–Trinajstić information content (AvgIpc) is 2.49. The molecule has 0 bridgehead atoms. The van der Waals surface area contributed by atoms with Gasteiger partial charge in [0.2, 0.25) is 0 Å². The number of nitrogens with zero attached hydrogens (tertiary/aromatic N) is 1. The van der Waals surface area contributed by atoms with Crippen LogP contribution >= 0.6 is 23.2 Å². The zero-order valence-electron chi connectivity index (χ0n) is 11.2. The summed E-state index contributed by atoms with van der Waals surface area (Å²) in [6.07, 6.45) is -3.36. The molecule has 0 aliphatic rings. The average molecular weight is 365 g/mol. The summed E-state index contributed by atoms with van der Waals surface area (Å²) in [6, 6.07) is 5.64. The minimum atomic E-state index is -4.46. The van der Waals surface area contributed by atoms with Crippen LogP contribution in [0.2, 0.25) is 10.0 Å². The number of benzene rings is 2. The number of hydrogen-bond acceptors (Lipinski definition) is 4. The van der Waals surface area contributed by atoms with Crippen molar-refractivity contribution in [2.24, 2.45) is 5.10 Å². The third-order valence-corrected chi connectivity index (χ3v) is 3.43. The molecule has 0 aromatic heterocycles. The Morgan fingerprint density at radius 1 is 1.09 bits per heavy atom. The summed E-state index contributed by atoms with van der Waals surface area (Å²) in [7, 11) is 0. The van der Waals surface area contributed by atoms with Gasteiger partial charge in [-0.2, -0.15) is 18.3 Å². The summed E-state index contributed by atoms with van der Waals surface area (Å²) in [4.78, 5) is 0. The van der Waals surface area contributed by atoms with Crippen molar-refractivity contribution in [2.45, 2.75) is 6.18 Å². The Balaban J connectivity index is 2.20. The standard InChI is InChI=1S/C14H9Cl2F3N2O2/c15-10-4-7(12(22)11(16)13(10)23)6-20-21-9-3-1-2-8(5-9)14(17,18)19/h1-6,21-23H. The van der Waals surface area contributed by atoms with Crippen molar-refractivity contribution in [1.82, 2.24) is 0 Å². The molecule has 0 amide bonds. The summed E-state index contributed by atoms with van der Waals surface area (Å²) in [6.45, 7) is 0. The van der Waals surface area contributed by atoms with Crippen molar-refractivity contribution >= 4 is 35.1 Å². The predicted octanol–water partition coefficient (Wildman–Crippen LogP) is 4.87. The molecular weight excluding hydrogens is 356 g/mol. The van der Waals surface area contributed by atoms with E-state index in [0.717, 1.165) is 18.3 Å². The summed E-state index contributed by atoms with van der Waals surface area (Å²) < 4.78 is 37.7. The Kier molecular flexibility index (Phi) is 4.91. The van der Waals surface area contributed by atoms with E-state index < -0.39 is 23.2 Å². The zero-order chi connectivity index (χ0) is 17.2. The molecule has 3 N–H and O–H groups in total. The lowest BCUT2D eigenvalue weighted by atomic mass is 10.2. The van der Waals surface area contributed by atoms with Gasteiger partial charge >= 0.3 is 6.18 Å². The molecule has 0 saturated heterocycles. The minimum absolute atomic E-state index is 0.0808. The molecule has 4 nitrogen and oxygen atoms in total. The van der Waals surface area contributed by atoms with Crippen molar-refractivity contribution < 1.29 is 23.4 Å². The summed E-state index contributed by atoms with van der Waals surface area (Å²) in [5.41, 5.74) is 1.76. The number of phenols is 2. The molecule has 0 aliphatic carbocycles. The Labute approximate surface area is 138 Å². The van der Waals surface area contributed by atoms with Gasteiger partial charge in [-0.3, -0.25) is 5.43 Å². The molecule has 0 unspecified atom stereocenters. The summed E-state index contributed by atoms with van der Waals surface area (Å²) in [5, 5.41) is 22.4. The van der Waals surface area contributed by atoms with Gasteiger partial charge in [0.25, 0.3) is 0 Å². The molecule has 0 aliphatic heterocycles. The highest BCUT2D eigenvalue weighted by molar-refractivity contribution is 6.38. The van der Waals surface area contributed by atoms with Crippen LogP contribution in [0.5, 0.6) is 11.5 Å². The number of aromatic hydroxyl groups is 2. The number of anilines is 1. The first kappa shape index (κ1) is 17.2. The molecule has 0 fully saturated rings. The topological polar surface area (TPSA) is 64.9 Å². The first-order valence-corrected chi connectivity index (χ1v) is 6.82. The Bertz CT molecular complexity index is 764. The Morgan fingerprint density at radius 2 is 1.78 bits per heavy atom. The van der Waals surface area contributed by atoms with Gasteiger partial charge in [0.15, 0.2) is 5.75 Å². The van der Waals surface area contributed by atoms with Gasteiger partial charge < -0.3 is 10.2 Å². The first-order valence-electron chi connectivity index (χ1n) is 6.06. The van der Waals surface area contributed by atoms with Crippen LogP contribution in [-0.2, 0) is 6.18 Å². The van der Waals surface area contributed by atoms with Crippen molar-refractivity contribution in [1.29, 1.82) is 0 Å². The maximum Gasteiger partial charge on any atom is 0.416 e. The number of alkyl halides is 3. The molecule has 9 heteroatoms. The second-order valence-corrected chi connectivity index (χ2v) is 5.19. The molecule has 23 heavy (non-hydrogen) atoms. The van der Waals surface area contributed by atoms with E-state index in [0.29, 0.717) is 0 Å². The van der Waals surface area contributed by atoms with E-state index in [-0.39, 0.29) is 21.3 Å². The monoisotopic (exact) mass is 364 g/mol. The zero-order valence-corrected chi connectivity index (χ0v) is 12.7. The van der Waals surface area contributed by atoms with Crippen LogP contribution in [0.3, 0.4) is 0 Å². The largest absolute Gasteiger partial charge is 0.506 e. The van der Waals surface area contributed by atoms with Crippen LogP contribution in [0.25, 0.3) is 0 Å². The van der Waals surface area contributed by atoms with Gasteiger partial charge in [-0.1, -0.05) is 29.3 Å². The lowest BCUT2D eigenvalue weighted by molar-refractivity contribution is -0.137. The van der Waals surface area contributed by atoms with Crippen molar-refractivity contribution in [3.8, 4) is 11.5 Å². The molecule has 122 valence electrons. The maximum atomic E-state index is 12.6. The maximum absolute atomic E-state index is 12.6. The SMILES string of the molecule is Oc1c(Cl)cc(C=NNc2cccc(C(F)(F)F)c2)c(O)c1Cl. The van der Waals surface area contributed by atoms with E-state index in [2.05, 4.69) is 10.5 Å². The molecule has 0 heterocycles. The van der Waals surface area contributed by atoms with Crippen molar-refractivity contribution in [2.75, 3.05) is 5.43 Å². The Morgan fingerprint density at radius 3 is 2.43 bits per heavy atom. The van der Waals surface area contributed by atoms with Gasteiger partial charge in [0, 0.05) is 5.56 Å². The highest BCUT2D eigenvalue weighted by atomic mass is 35.5. The lowest BCUT2D eigenvalue weighted by Gasteiger charge is -2.08. The highest BCUT2D eigenvalue weighted by Crippen LogP contribution is 2.40. The number of hydrogen-bond donors (Lipinski definition) is 3. The number of phenolic OH excluding ortho intramolecular Hbond substituents is 2. The molecule has 0 radical (unpaired) electrons. The minimum Gasteiger partial charge on any atom is -0.506 e. The molecule has 2 aromatic rings. The smallest absolute Gasteiger partial charge is 0.416 e. The van der Waals surface area contributed by atoms with Gasteiger partial charge in [-0.05, 0) is 24.3 Å². The molecule has 0 spiro atoms. The highest BCUT2D eigenvalue weighted by Gasteiger charge is 2.30. The fourth-order valence-corrected chi connectivity index (χ4v) is 2.13. The second-order valence-electron chi connectivity index (χ2n) is 4.41. The third kappa shape index (κ3) is 4.00. The summed E-state index contributed by atoms with van der Waals surface area (Å²) >= 11 is 11.4. The van der Waals surface area contributed by atoms with Gasteiger partial charge in [0.1, 0.15) is 10.8 Å². The van der Waals surface area contributed by atoms with Gasteiger partial charge in [0.05, 0.1) is 22.5 Å². The van der Waals surface area contributed by atoms with Crippen LogP contribution in [0.4, 0.5) is 18.9 Å². The van der Waals surface area contributed by atoms with Gasteiger partial charge in [-0.15, -0.1) is 0 Å². The van der Waals surface area contributed by atoms with E-state index in [9.17, 15) is 23.4 Å². The fourth-order valence-electron chi connectivity index (χ4n) is 1.66. The summed E-state index contributed by atoms with van der Waals surface area (Å²) in [5.74, 6) is -0.933. The van der Waals surface area contributed by atoms with Crippen molar-refractivity contribution in [3.63, 3.8) is 0 Å². The first-order chi connectivity index (χ1) is 10.7. The van der Waals surface area contributed by atoms with Crippen LogP contribution in [-0.4, -0.2) is 16.4 Å². The van der Waals surface area contributed by atoms with Crippen LogP contribution < -0.4 is 5.43 Å². The second kappa shape index (κ2) is 6.55. The fraction of sp³-hybridized carbons (Fsp3) is 0.0714. The van der Waals surface area contributed by atoms with E-state index in [1.807, 2.05) is 0 Å². The molecule has 0 saturated carbocycles. The molecule has 2 aromatic carbocycles. The third-order valence-electron chi connectivity index (χ3n) is 2.78. The van der Waals surface area contributed by atoms with E-state index in [1.54, 1.807) is 0 Å². The van der Waals surface area contributed by atoms with E-state index >= 15 is 0 Å². The van der Waals surface area contributed by atoms with Crippen LogP contribution in [0.15, 0.2) is 35.4 Å². The number of rotatable bonds is 3. The molecular formula is C14H9Cl2F3N2O2. The Hall–Kier alpha value is -2.12.